The van der Waals surface area contributed by atoms with Gasteiger partial charge in [0.15, 0.2) is 0 Å². The topological polar surface area (TPSA) is 60.9 Å². The van der Waals surface area contributed by atoms with Gasteiger partial charge in [-0.15, -0.1) is 0 Å². The first-order chi connectivity index (χ1) is 7.24. The molecule has 1 fully saturated rings. The molecule has 0 aliphatic heterocycles. The van der Waals surface area contributed by atoms with E-state index in [-0.39, 0.29) is 6.10 Å². The Hall–Kier alpha value is -0.870. The molecule has 1 aromatic heterocycles. The van der Waals surface area contributed by atoms with Crippen LogP contribution in [0.3, 0.4) is 0 Å². The summed E-state index contributed by atoms with van der Waals surface area (Å²) in [4.78, 5) is 7.34. The summed E-state index contributed by atoms with van der Waals surface area (Å²) in [5.41, 5.74) is 1.12. The summed E-state index contributed by atoms with van der Waals surface area (Å²) in [5, 5.41) is 13.0. The zero-order chi connectivity index (χ0) is 10.7. The van der Waals surface area contributed by atoms with E-state index in [2.05, 4.69) is 15.3 Å². The molecule has 1 aliphatic rings. The van der Waals surface area contributed by atoms with Crippen molar-refractivity contribution >= 4 is 0 Å². The third kappa shape index (κ3) is 3.04. The lowest BCUT2D eigenvalue weighted by atomic mass is 9.93. The van der Waals surface area contributed by atoms with Gasteiger partial charge in [0.25, 0.3) is 0 Å². The fourth-order valence-electron chi connectivity index (χ4n) is 2.17. The number of nitrogens with one attached hydrogen (secondary N) is 2. The molecule has 2 atom stereocenters. The number of aryl methyl sites for hydroxylation is 1. The summed E-state index contributed by atoms with van der Waals surface area (Å²) in [6, 6.07) is 0.456. The highest BCUT2D eigenvalue weighted by atomic mass is 16.3. The van der Waals surface area contributed by atoms with E-state index in [1.807, 2.05) is 13.1 Å². The number of aromatic nitrogens is 2. The van der Waals surface area contributed by atoms with Gasteiger partial charge in [-0.2, -0.15) is 0 Å². The summed E-state index contributed by atoms with van der Waals surface area (Å²) in [6.45, 7) is 2.77. The van der Waals surface area contributed by atoms with Crippen LogP contribution < -0.4 is 5.32 Å². The normalized spacial score (nSPS) is 26.8. The van der Waals surface area contributed by atoms with Gasteiger partial charge < -0.3 is 15.4 Å². The molecule has 0 amide bonds. The van der Waals surface area contributed by atoms with Crippen molar-refractivity contribution < 1.29 is 5.11 Å². The SMILES string of the molecule is Cc1ncc(CNC2CCCC(O)C2)[nH]1. The third-order valence-electron chi connectivity index (χ3n) is 2.98. The number of rotatable bonds is 3. The Labute approximate surface area is 90.1 Å². The van der Waals surface area contributed by atoms with Gasteiger partial charge in [0, 0.05) is 24.5 Å². The molecule has 0 saturated heterocycles. The van der Waals surface area contributed by atoms with Crippen LogP contribution >= 0.6 is 0 Å². The van der Waals surface area contributed by atoms with Crippen molar-refractivity contribution in [2.24, 2.45) is 0 Å². The minimum Gasteiger partial charge on any atom is -0.393 e. The van der Waals surface area contributed by atoms with Gasteiger partial charge in [0.2, 0.25) is 0 Å². The average molecular weight is 209 g/mol. The van der Waals surface area contributed by atoms with Crippen molar-refractivity contribution in [1.29, 1.82) is 0 Å². The molecule has 2 rings (SSSR count). The standard InChI is InChI=1S/C11H19N3O/c1-8-12-6-10(14-8)7-13-9-3-2-4-11(15)5-9/h6,9,11,13,15H,2-5,7H2,1H3,(H,12,14). The Kier molecular flexibility index (Phi) is 3.38. The van der Waals surface area contributed by atoms with Gasteiger partial charge in [-0.1, -0.05) is 0 Å². The second-order valence-electron chi connectivity index (χ2n) is 4.39. The van der Waals surface area contributed by atoms with Crippen LogP contribution in [0.25, 0.3) is 0 Å². The number of aliphatic hydroxyl groups is 1. The molecular formula is C11H19N3O. The molecule has 0 spiro atoms. The van der Waals surface area contributed by atoms with Crippen molar-refractivity contribution in [3.8, 4) is 0 Å². The van der Waals surface area contributed by atoms with Gasteiger partial charge in [-0.3, -0.25) is 0 Å². The van der Waals surface area contributed by atoms with Crippen LogP contribution in [-0.2, 0) is 6.54 Å². The largest absolute Gasteiger partial charge is 0.393 e. The van der Waals surface area contributed by atoms with E-state index < -0.39 is 0 Å². The zero-order valence-corrected chi connectivity index (χ0v) is 9.16. The molecule has 15 heavy (non-hydrogen) atoms. The predicted octanol–water partition coefficient (Wildman–Crippen LogP) is 1.11. The van der Waals surface area contributed by atoms with Gasteiger partial charge in [-0.25, -0.2) is 4.98 Å². The van der Waals surface area contributed by atoms with E-state index in [4.69, 9.17) is 0 Å². The van der Waals surface area contributed by atoms with E-state index in [0.717, 1.165) is 37.3 Å². The van der Waals surface area contributed by atoms with Crippen molar-refractivity contribution in [1.82, 2.24) is 15.3 Å². The molecule has 84 valence electrons. The number of hydrogen-bond donors (Lipinski definition) is 3. The Morgan fingerprint density at radius 2 is 2.47 bits per heavy atom. The lowest BCUT2D eigenvalue weighted by Gasteiger charge is -2.26. The highest BCUT2D eigenvalue weighted by molar-refractivity contribution is 4.99. The summed E-state index contributed by atoms with van der Waals surface area (Å²) in [5.74, 6) is 0.954. The quantitative estimate of drug-likeness (QED) is 0.699. The molecule has 0 bridgehead atoms. The number of aliphatic hydroxyl groups excluding tert-OH is 1. The summed E-state index contributed by atoms with van der Waals surface area (Å²) < 4.78 is 0. The molecule has 1 saturated carbocycles. The maximum Gasteiger partial charge on any atom is 0.103 e. The molecule has 4 nitrogen and oxygen atoms in total. The Morgan fingerprint density at radius 1 is 1.60 bits per heavy atom. The fraction of sp³-hybridized carbons (Fsp3) is 0.727. The van der Waals surface area contributed by atoms with Gasteiger partial charge in [0.1, 0.15) is 5.82 Å². The van der Waals surface area contributed by atoms with Gasteiger partial charge in [-0.05, 0) is 32.6 Å². The first kappa shape index (κ1) is 10.6. The molecule has 3 N–H and O–H groups in total. The molecule has 1 heterocycles. The second kappa shape index (κ2) is 4.77. The van der Waals surface area contributed by atoms with Crippen molar-refractivity contribution in [3.05, 3.63) is 17.7 Å². The van der Waals surface area contributed by atoms with E-state index >= 15 is 0 Å². The third-order valence-corrected chi connectivity index (χ3v) is 2.98. The average Bonchev–Trinajstić information content (AvgIpc) is 2.62. The van der Waals surface area contributed by atoms with Crippen molar-refractivity contribution in [2.45, 2.75) is 51.3 Å². The number of aromatic amines is 1. The maximum atomic E-state index is 9.52. The van der Waals surface area contributed by atoms with E-state index in [1.165, 1.54) is 6.42 Å². The highest BCUT2D eigenvalue weighted by Gasteiger charge is 2.19. The molecule has 4 heteroatoms. The molecule has 1 aromatic rings. The Bertz CT molecular complexity index is 311. The zero-order valence-electron chi connectivity index (χ0n) is 9.16. The minimum absolute atomic E-state index is 0.111. The van der Waals surface area contributed by atoms with Crippen LogP contribution in [0.15, 0.2) is 6.20 Å². The molecule has 0 radical (unpaired) electrons. The number of imidazole rings is 1. The van der Waals surface area contributed by atoms with E-state index in [0.29, 0.717) is 6.04 Å². The monoisotopic (exact) mass is 209 g/mol. The second-order valence-corrected chi connectivity index (χ2v) is 4.39. The van der Waals surface area contributed by atoms with E-state index in [1.54, 1.807) is 0 Å². The number of nitrogens with zero attached hydrogens (tertiary/aromatic N) is 1. The van der Waals surface area contributed by atoms with Crippen molar-refractivity contribution in [3.63, 3.8) is 0 Å². The molecule has 2 unspecified atom stereocenters. The van der Waals surface area contributed by atoms with Crippen LogP contribution in [0, 0.1) is 6.92 Å². The van der Waals surface area contributed by atoms with Gasteiger partial charge in [0.05, 0.1) is 6.10 Å². The van der Waals surface area contributed by atoms with Crippen molar-refractivity contribution in [2.75, 3.05) is 0 Å². The smallest absolute Gasteiger partial charge is 0.103 e. The van der Waals surface area contributed by atoms with E-state index in [9.17, 15) is 5.11 Å². The minimum atomic E-state index is -0.111. The maximum absolute atomic E-state index is 9.52. The summed E-state index contributed by atoms with van der Waals surface area (Å²) in [6.07, 6.45) is 5.89. The summed E-state index contributed by atoms with van der Waals surface area (Å²) in [7, 11) is 0. The first-order valence-electron chi connectivity index (χ1n) is 5.66. The van der Waals surface area contributed by atoms with Crippen LogP contribution in [0.1, 0.15) is 37.2 Å². The lowest BCUT2D eigenvalue weighted by Crippen LogP contribution is -2.35. The predicted molar refractivity (Wildman–Crippen MR) is 58.4 cm³/mol. The molecule has 0 aromatic carbocycles. The number of H-pyrrole nitrogens is 1. The lowest BCUT2D eigenvalue weighted by molar-refractivity contribution is 0.111. The Morgan fingerprint density at radius 3 is 3.13 bits per heavy atom. The first-order valence-corrected chi connectivity index (χ1v) is 5.66. The molecular weight excluding hydrogens is 190 g/mol. The van der Waals surface area contributed by atoms with Crippen LogP contribution in [0.5, 0.6) is 0 Å². The van der Waals surface area contributed by atoms with Crippen LogP contribution in [0.4, 0.5) is 0 Å². The fourth-order valence-corrected chi connectivity index (χ4v) is 2.17. The summed E-state index contributed by atoms with van der Waals surface area (Å²) >= 11 is 0. The van der Waals surface area contributed by atoms with Gasteiger partial charge >= 0.3 is 0 Å². The Balaban J connectivity index is 1.77. The highest BCUT2D eigenvalue weighted by Crippen LogP contribution is 2.18. The number of hydrogen-bond acceptors (Lipinski definition) is 3. The molecule has 1 aliphatic carbocycles. The van der Waals surface area contributed by atoms with Crippen LogP contribution in [-0.4, -0.2) is 27.2 Å². The van der Waals surface area contributed by atoms with Crippen LogP contribution in [0.2, 0.25) is 0 Å².